The predicted octanol–water partition coefficient (Wildman–Crippen LogP) is 2.88. The highest BCUT2D eigenvalue weighted by Gasteiger charge is 2.23. The molecule has 0 aromatic rings. The Hall–Kier alpha value is -1.00. The van der Waals surface area contributed by atoms with Crippen LogP contribution in [0.15, 0.2) is 12.2 Å². The van der Waals surface area contributed by atoms with Crippen molar-refractivity contribution >= 4 is 5.97 Å². The van der Waals surface area contributed by atoms with E-state index in [2.05, 4.69) is 11.3 Å². The molecule has 0 N–H and O–H groups in total. The van der Waals surface area contributed by atoms with Gasteiger partial charge in [-0.25, -0.2) is 18.0 Å². The van der Waals surface area contributed by atoms with Gasteiger partial charge in [0.25, 0.3) is 6.43 Å². The van der Waals surface area contributed by atoms with Crippen LogP contribution in [-0.2, 0) is 9.53 Å². The van der Waals surface area contributed by atoms with E-state index in [9.17, 15) is 18.0 Å². The third-order valence-corrected chi connectivity index (χ3v) is 1.73. The zero-order valence-corrected chi connectivity index (χ0v) is 8.64. The summed E-state index contributed by atoms with van der Waals surface area (Å²) in [5, 5.41) is 0. The van der Waals surface area contributed by atoms with Gasteiger partial charge in [0.15, 0.2) is 6.17 Å². The van der Waals surface area contributed by atoms with E-state index in [0.29, 0.717) is 6.42 Å². The average Bonchev–Trinajstić information content (AvgIpc) is 2.17. The van der Waals surface area contributed by atoms with Gasteiger partial charge in [-0.1, -0.05) is 19.9 Å². The van der Waals surface area contributed by atoms with E-state index in [1.165, 1.54) is 0 Å². The monoisotopic (exact) mass is 224 g/mol. The fraction of sp³-hybridized carbons (Fsp3) is 0.700. The van der Waals surface area contributed by atoms with Crippen molar-refractivity contribution in [3.05, 3.63) is 12.2 Å². The van der Waals surface area contributed by atoms with Crippen molar-refractivity contribution in [2.75, 3.05) is 6.61 Å². The van der Waals surface area contributed by atoms with Crippen molar-refractivity contribution in [1.82, 2.24) is 0 Å². The van der Waals surface area contributed by atoms with E-state index in [1.807, 2.05) is 6.92 Å². The smallest absolute Gasteiger partial charge is 0.333 e. The van der Waals surface area contributed by atoms with Gasteiger partial charge in [-0.15, -0.1) is 0 Å². The van der Waals surface area contributed by atoms with E-state index in [-0.39, 0.29) is 12.2 Å². The first-order valence-electron chi connectivity index (χ1n) is 4.76. The average molecular weight is 224 g/mol. The molecule has 15 heavy (non-hydrogen) atoms. The summed E-state index contributed by atoms with van der Waals surface area (Å²) < 4.78 is 40.8. The van der Waals surface area contributed by atoms with Gasteiger partial charge in [-0.3, -0.25) is 0 Å². The lowest BCUT2D eigenvalue weighted by Gasteiger charge is -2.09. The van der Waals surface area contributed by atoms with Crippen LogP contribution in [0.3, 0.4) is 0 Å². The van der Waals surface area contributed by atoms with E-state index in [4.69, 9.17) is 0 Å². The van der Waals surface area contributed by atoms with E-state index in [1.54, 1.807) is 0 Å². The van der Waals surface area contributed by atoms with Gasteiger partial charge in [0, 0.05) is 12.0 Å². The molecule has 5 heteroatoms. The lowest BCUT2D eigenvalue weighted by molar-refractivity contribution is -0.139. The molecule has 0 saturated carbocycles. The summed E-state index contributed by atoms with van der Waals surface area (Å²) in [6.07, 6.45) is -4.58. The van der Waals surface area contributed by atoms with Crippen LogP contribution in [0.5, 0.6) is 0 Å². The van der Waals surface area contributed by atoms with Gasteiger partial charge < -0.3 is 4.74 Å². The molecule has 2 nitrogen and oxygen atoms in total. The third-order valence-electron chi connectivity index (χ3n) is 1.73. The number of alkyl halides is 3. The van der Waals surface area contributed by atoms with E-state index < -0.39 is 25.0 Å². The number of halogens is 3. The molecule has 0 amide bonds. The highest BCUT2D eigenvalue weighted by atomic mass is 19.3. The van der Waals surface area contributed by atoms with Crippen molar-refractivity contribution in [1.29, 1.82) is 0 Å². The number of carbonyl (C=O) groups excluding carboxylic acids is 1. The third kappa shape index (κ3) is 6.14. The molecule has 0 spiro atoms. The fourth-order valence-electron chi connectivity index (χ4n) is 0.819. The first kappa shape index (κ1) is 14.0. The number of unbranched alkanes of at least 4 members (excludes halogenated alkanes) is 1. The summed E-state index contributed by atoms with van der Waals surface area (Å²) in [4.78, 5) is 11.0. The normalized spacial score (nSPS) is 12.6. The van der Waals surface area contributed by atoms with Crippen LogP contribution in [0.4, 0.5) is 13.2 Å². The van der Waals surface area contributed by atoms with Gasteiger partial charge in [0.2, 0.25) is 0 Å². The number of ether oxygens (including phenoxy) is 1. The first-order valence-corrected chi connectivity index (χ1v) is 4.76. The highest BCUT2D eigenvalue weighted by molar-refractivity contribution is 5.87. The second-order valence-electron chi connectivity index (χ2n) is 3.15. The molecule has 0 radical (unpaired) electrons. The van der Waals surface area contributed by atoms with Crippen LogP contribution in [0.1, 0.15) is 26.2 Å². The molecule has 1 unspecified atom stereocenters. The molecule has 0 bridgehead atoms. The zero-order valence-electron chi connectivity index (χ0n) is 8.64. The predicted molar refractivity (Wildman–Crippen MR) is 50.5 cm³/mol. The molecule has 0 aromatic heterocycles. The van der Waals surface area contributed by atoms with Crippen LogP contribution >= 0.6 is 0 Å². The number of rotatable bonds is 7. The molecule has 0 aromatic carbocycles. The summed E-state index contributed by atoms with van der Waals surface area (Å²) in [6, 6.07) is 0. The van der Waals surface area contributed by atoms with Crippen molar-refractivity contribution in [3.8, 4) is 0 Å². The summed E-state index contributed by atoms with van der Waals surface area (Å²) in [5.74, 6) is -0.799. The number of carbonyl (C=O) groups is 1. The summed E-state index contributed by atoms with van der Waals surface area (Å²) >= 11 is 0. The first-order chi connectivity index (χ1) is 6.99. The molecule has 0 saturated heterocycles. The summed E-state index contributed by atoms with van der Waals surface area (Å²) in [6.45, 7) is 5.33. The van der Waals surface area contributed by atoms with Crippen molar-refractivity contribution in [2.45, 2.75) is 38.8 Å². The maximum Gasteiger partial charge on any atom is 0.333 e. The molecule has 0 aliphatic rings. The summed E-state index contributed by atoms with van der Waals surface area (Å²) in [5.41, 5.74) is -0.251. The van der Waals surface area contributed by atoms with Crippen molar-refractivity contribution in [3.63, 3.8) is 0 Å². The standard InChI is InChI=1S/C10H15F3O2/c1-3-4-5-15-10(14)7(2)6-8(11)9(12)13/h8-9H,2-6H2,1H3. The number of hydrogen-bond donors (Lipinski definition) is 0. The van der Waals surface area contributed by atoms with Gasteiger partial charge in [-0.05, 0) is 6.42 Å². The Kier molecular flexibility index (Phi) is 6.83. The van der Waals surface area contributed by atoms with Gasteiger partial charge >= 0.3 is 5.97 Å². The fourth-order valence-corrected chi connectivity index (χ4v) is 0.819. The Morgan fingerprint density at radius 3 is 2.47 bits per heavy atom. The topological polar surface area (TPSA) is 26.3 Å². The van der Waals surface area contributed by atoms with Gasteiger partial charge in [0.1, 0.15) is 0 Å². The van der Waals surface area contributed by atoms with Crippen LogP contribution in [0, 0.1) is 0 Å². The molecule has 1 atom stereocenters. The molecular weight excluding hydrogens is 209 g/mol. The Labute approximate surface area is 87.1 Å². The minimum absolute atomic E-state index is 0.208. The number of esters is 1. The van der Waals surface area contributed by atoms with Crippen molar-refractivity contribution < 1.29 is 22.7 Å². The van der Waals surface area contributed by atoms with E-state index in [0.717, 1.165) is 6.42 Å². The molecule has 0 heterocycles. The Morgan fingerprint density at radius 1 is 1.40 bits per heavy atom. The largest absolute Gasteiger partial charge is 0.462 e. The Bertz CT molecular complexity index is 217. The Balaban J connectivity index is 3.84. The van der Waals surface area contributed by atoms with Crippen LogP contribution in [0.25, 0.3) is 0 Å². The second kappa shape index (κ2) is 7.31. The molecule has 0 aliphatic carbocycles. The molecule has 88 valence electrons. The van der Waals surface area contributed by atoms with Gasteiger partial charge in [0.05, 0.1) is 6.61 Å². The number of hydrogen-bond acceptors (Lipinski definition) is 2. The molecule has 0 fully saturated rings. The van der Waals surface area contributed by atoms with Crippen molar-refractivity contribution in [2.24, 2.45) is 0 Å². The van der Waals surface area contributed by atoms with Crippen LogP contribution in [-0.4, -0.2) is 25.2 Å². The minimum atomic E-state index is -3.09. The van der Waals surface area contributed by atoms with Gasteiger partial charge in [-0.2, -0.15) is 0 Å². The highest BCUT2D eigenvalue weighted by Crippen LogP contribution is 2.15. The Morgan fingerprint density at radius 2 is 2.00 bits per heavy atom. The lowest BCUT2D eigenvalue weighted by atomic mass is 10.1. The van der Waals surface area contributed by atoms with Crippen LogP contribution in [0.2, 0.25) is 0 Å². The second-order valence-corrected chi connectivity index (χ2v) is 3.15. The van der Waals surface area contributed by atoms with E-state index >= 15 is 0 Å². The van der Waals surface area contributed by atoms with Crippen LogP contribution < -0.4 is 0 Å². The zero-order chi connectivity index (χ0) is 11.8. The maximum absolute atomic E-state index is 12.5. The quantitative estimate of drug-likeness (QED) is 0.377. The lowest BCUT2D eigenvalue weighted by Crippen LogP contribution is -2.17. The SMILES string of the molecule is C=C(CC(F)C(F)F)C(=O)OCCCC. The maximum atomic E-state index is 12.5. The molecular formula is C10H15F3O2. The molecule has 0 rings (SSSR count). The summed E-state index contributed by atoms with van der Waals surface area (Å²) in [7, 11) is 0. The minimum Gasteiger partial charge on any atom is -0.462 e. The molecule has 0 aliphatic heterocycles.